The molecule has 0 atom stereocenters. The van der Waals surface area contributed by atoms with Gasteiger partial charge in [-0.05, 0) is 49.2 Å². The maximum Gasteiger partial charge on any atom is 0.284 e. The fourth-order valence-electron chi connectivity index (χ4n) is 2.44. The highest BCUT2D eigenvalue weighted by Gasteiger charge is 2.15. The zero-order valence-electron chi connectivity index (χ0n) is 12.7. The molecule has 2 aromatic rings. The number of ether oxygens (including phenoxy) is 2. The van der Waals surface area contributed by atoms with Gasteiger partial charge in [0.15, 0.2) is 11.5 Å². The number of pyridine rings is 1. The van der Waals surface area contributed by atoms with Crippen LogP contribution in [0.3, 0.4) is 0 Å². The van der Waals surface area contributed by atoms with Gasteiger partial charge in [0.2, 0.25) is 6.79 Å². The number of nitrogens with zero attached hydrogens (tertiary/aromatic N) is 2. The molecule has 0 radical (unpaired) electrons. The first-order valence-corrected chi connectivity index (χ1v) is 6.94. The molecule has 0 saturated heterocycles. The van der Waals surface area contributed by atoms with Crippen molar-refractivity contribution in [2.24, 2.45) is 10.8 Å². The Balaban J connectivity index is 2.01. The summed E-state index contributed by atoms with van der Waals surface area (Å²) in [5.74, 6) is 0.529. The highest BCUT2D eigenvalue weighted by molar-refractivity contribution is 5.94. The van der Waals surface area contributed by atoms with Crippen molar-refractivity contribution in [1.29, 1.82) is 0 Å². The molecule has 2 N–H and O–H groups in total. The van der Waals surface area contributed by atoms with Gasteiger partial charge in [0, 0.05) is 5.69 Å². The van der Waals surface area contributed by atoms with E-state index in [0.717, 1.165) is 10.2 Å². The summed E-state index contributed by atoms with van der Waals surface area (Å²) in [6.45, 7) is 3.59. The molecule has 0 fully saturated rings. The summed E-state index contributed by atoms with van der Waals surface area (Å²) in [6, 6.07) is 7.01. The third kappa shape index (κ3) is 2.68. The minimum Gasteiger partial charge on any atom is -0.454 e. The minimum absolute atomic E-state index is 0.0570. The lowest BCUT2D eigenvalue weighted by molar-refractivity contribution is 0.0997. The summed E-state index contributed by atoms with van der Waals surface area (Å²) in [4.78, 5) is 23.8. The van der Waals surface area contributed by atoms with Crippen molar-refractivity contribution in [3.8, 4) is 11.5 Å². The summed E-state index contributed by atoms with van der Waals surface area (Å²) >= 11 is 0. The van der Waals surface area contributed by atoms with Gasteiger partial charge in [-0.2, -0.15) is 5.10 Å². The van der Waals surface area contributed by atoms with E-state index < -0.39 is 11.5 Å². The van der Waals surface area contributed by atoms with Gasteiger partial charge in [0.25, 0.3) is 11.5 Å². The number of hydrogen-bond donors (Lipinski definition) is 1. The summed E-state index contributed by atoms with van der Waals surface area (Å²) in [6.07, 6.45) is 1.51. The number of primary amides is 1. The van der Waals surface area contributed by atoms with Crippen LogP contribution in [0.15, 0.2) is 34.2 Å². The number of amides is 1. The minimum atomic E-state index is -0.764. The predicted molar refractivity (Wildman–Crippen MR) is 84.3 cm³/mol. The Morgan fingerprint density at radius 1 is 1.26 bits per heavy atom. The van der Waals surface area contributed by atoms with E-state index in [0.29, 0.717) is 22.8 Å². The molecule has 2 heterocycles. The molecule has 23 heavy (non-hydrogen) atoms. The number of rotatable bonds is 3. The molecule has 1 aliphatic rings. The van der Waals surface area contributed by atoms with Crippen LogP contribution in [0, 0.1) is 13.8 Å². The van der Waals surface area contributed by atoms with Crippen molar-refractivity contribution in [3.63, 3.8) is 0 Å². The number of fused-ring (bicyclic) bond motifs is 1. The number of aromatic nitrogens is 1. The van der Waals surface area contributed by atoms with E-state index in [1.54, 1.807) is 38.1 Å². The first-order chi connectivity index (χ1) is 11.0. The Bertz CT molecular complexity index is 884. The first kappa shape index (κ1) is 14.8. The summed E-state index contributed by atoms with van der Waals surface area (Å²) in [7, 11) is 0. The second-order valence-corrected chi connectivity index (χ2v) is 5.18. The van der Waals surface area contributed by atoms with Crippen molar-refractivity contribution in [1.82, 2.24) is 4.68 Å². The molecule has 118 valence electrons. The first-order valence-electron chi connectivity index (χ1n) is 6.94. The number of benzene rings is 1. The van der Waals surface area contributed by atoms with Crippen LogP contribution < -0.4 is 20.8 Å². The monoisotopic (exact) mass is 313 g/mol. The number of aryl methyl sites for hydroxylation is 2. The molecule has 3 rings (SSSR count). The molecule has 0 unspecified atom stereocenters. The van der Waals surface area contributed by atoms with Gasteiger partial charge in [-0.3, -0.25) is 9.59 Å². The molecule has 0 spiro atoms. The Hall–Kier alpha value is -3.09. The summed E-state index contributed by atoms with van der Waals surface area (Å²) in [5, 5.41) is 4.16. The molecule has 0 aliphatic carbocycles. The molecular formula is C16H15N3O4. The average molecular weight is 313 g/mol. The smallest absolute Gasteiger partial charge is 0.284 e. The van der Waals surface area contributed by atoms with E-state index in [4.69, 9.17) is 15.2 Å². The summed E-state index contributed by atoms with van der Waals surface area (Å²) in [5.41, 5.74) is 6.56. The van der Waals surface area contributed by atoms with Gasteiger partial charge in [-0.15, -0.1) is 0 Å². The molecule has 1 amide bonds. The zero-order valence-corrected chi connectivity index (χ0v) is 12.7. The van der Waals surface area contributed by atoms with Gasteiger partial charge < -0.3 is 15.2 Å². The van der Waals surface area contributed by atoms with Crippen LogP contribution in [0.25, 0.3) is 0 Å². The average Bonchev–Trinajstić information content (AvgIpc) is 2.93. The standard InChI is InChI=1S/C16H15N3O4/c1-9-5-10(2)19(16(21)14(9)15(17)20)18-7-11-3-4-12-13(6-11)23-8-22-12/h3-7H,8H2,1-2H3,(H2,17,20)/b18-7+. The Labute approximate surface area is 131 Å². The van der Waals surface area contributed by atoms with Gasteiger partial charge in [-0.25, -0.2) is 4.68 Å². The zero-order chi connectivity index (χ0) is 16.6. The third-order valence-electron chi connectivity index (χ3n) is 3.53. The lowest BCUT2D eigenvalue weighted by Gasteiger charge is -2.08. The van der Waals surface area contributed by atoms with Crippen molar-refractivity contribution in [2.75, 3.05) is 6.79 Å². The van der Waals surface area contributed by atoms with E-state index in [-0.39, 0.29) is 12.4 Å². The van der Waals surface area contributed by atoms with Crippen LogP contribution in [0.2, 0.25) is 0 Å². The molecular weight excluding hydrogens is 298 g/mol. The molecule has 7 nitrogen and oxygen atoms in total. The number of carbonyl (C=O) groups excluding carboxylic acids is 1. The Morgan fingerprint density at radius 3 is 2.74 bits per heavy atom. The second-order valence-electron chi connectivity index (χ2n) is 5.18. The van der Waals surface area contributed by atoms with E-state index >= 15 is 0 Å². The van der Waals surface area contributed by atoms with E-state index in [2.05, 4.69) is 5.10 Å². The maximum atomic E-state index is 12.4. The van der Waals surface area contributed by atoms with Crippen molar-refractivity contribution in [2.45, 2.75) is 13.8 Å². The van der Waals surface area contributed by atoms with Crippen molar-refractivity contribution in [3.05, 3.63) is 57.0 Å². The third-order valence-corrected chi connectivity index (χ3v) is 3.53. The largest absolute Gasteiger partial charge is 0.454 e. The maximum absolute atomic E-state index is 12.4. The number of hydrogen-bond acceptors (Lipinski definition) is 5. The molecule has 7 heteroatoms. The topological polar surface area (TPSA) is 95.9 Å². The van der Waals surface area contributed by atoms with Gasteiger partial charge >= 0.3 is 0 Å². The molecule has 1 aliphatic heterocycles. The fourth-order valence-corrected chi connectivity index (χ4v) is 2.44. The van der Waals surface area contributed by atoms with Gasteiger partial charge in [0.1, 0.15) is 5.56 Å². The summed E-state index contributed by atoms with van der Waals surface area (Å²) < 4.78 is 11.7. The quantitative estimate of drug-likeness (QED) is 0.860. The molecule has 0 bridgehead atoms. The van der Waals surface area contributed by atoms with E-state index in [1.165, 1.54) is 6.21 Å². The van der Waals surface area contributed by atoms with Crippen LogP contribution in [-0.2, 0) is 0 Å². The van der Waals surface area contributed by atoms with Crippen molar-refractivity contribution >= 4 is 12.1 Å². The van der Waals surface area contributed by atoms with Crippen LogP contribution >= 0.6 is 0 Å². The van der Waals surface area contributed by atoms with Crippen molar-refractivity contribution < 1.29 is 14.3 Å². The fraction of sp³-hybridized carbons (Fsp3) is 0.188. The second kappa shape index (κ2) is 5.60. The van der Waals surface area contributed by atoms with Gasteiger partial charge in [0.05, 0.1) is 6.21 Å². The molecule has 1 aromatic carbocycles. The lowest BCUT2D eigenvalue weighted by atomic mass is 10.1. The van der Waals surface area contributed by atoms with Crippen LogP contribution in [0.1, 0.15) is 27.2 Å². The highest BCUT2D eigenvalue weighted by atomic mass is 16.7. The molecule has 0 saturated carbocycles. The van der Waals surface area contributed by atoms with Crippen LogP contribution in [0.4, 0.5) is 0 Å². The Morgan fingerprint density at radius 2 is 2.00 bits per heavy atom. The van der Waals surface area contributed by atoms with E-state index in [1.807, 2.05) is 0 Å². The molecule has 1 aromatic heterocycles. The van der Waals surface area contributed by atoms with Crippen LogP contribution in [-0.4, -0.2) is 23.6 Å². The van der Waals surface area contributed by atoms with Gasteiger partial charge in [-0.1, -0.05) is 0 Å². The predicted octanol–water partition coefficient (Wildman–Crippen LogP) is 1.17. The highest BCUT2D eigenvalue weighted by Crippen LogP contribution is 2.31. The number of carbonyl (C=O) groups is 1. The lowest BCUT2D eigenvalue weighted by Crippen LogP contribution is -2.30. The van der Waals surface area contributed by atoms with Crippen LogP contribution in [0.5, 0.6) is 11.5 Å². The normalized spacial score (nSPS) is 12.8. The SMILES string of the molecule is Cc1cc(C)n(/N=C/c2ccc3c(c2)OCO3)c(=O)c1C(N)=O. The Kier molecular flexibility index (Phi) is 3.61. The van der Waals surface area contributed by atoms with E-state index in [9.17, 15) is 9.59 Å². The number of nitrogens with two attached hydrogens (primary N) is 1.